The van der Waals surface area contributed by atoms with E-state index < -0.39 is 42.3 Å². The first-order chi connectivity index (χ1) is 16.8. The van der Waals surface area contributed by atoms with Crippen LogP contribution in [0.1, 0.15) is 62.9 Å². The van der Waals surface area contributed by atoms with Gasteiger partial charge in [-0.3, -0.25) is 9.59 Å². The lowest BCUT2D eigenvalue weighted by Crippen LogP contribution is -2.56. The van der Waals surface area contributed by atoms with Crippen molar-refractivity contribution in [1.82, 2.24) is 15.5 Å². The lowest BCUT2D eigenvalue weighted by atomic mass is 9.95. The van der Waals surface area contributed by atoms with Gasteiger partial charge >= 0.3 is 6.09 Å². The van der Waals surface area contributed by atoms with E-state index in [1.54, 1.807) is 34.6 Å². The van der Waals surface area contributed by atoms with Crippen LogP contribution < -0.4 is 10.6 Å². The Hall–Kier alpha value is -3.39. The molecule has 0 heterocycles. The monoisotopic (exact) mass is 497 g/mol. The number of hydrogen-bond acceptors (Lipinski definition) is 5. The number of rotatable bonds is 9. The maximum atomic E-state index is 13.7. The fourth-order valence-corrected chi connectivity index (χ4v) is 3.85. The number of amides is 3. The van der Waals surface area contributed by atoms with Gasteiger partial charge in [-0.25, -0.2) is 4.79 Å². The molecule has 2 aromatic rings. The van der Waals surface area contributed by atoms with Gasteiger partial charge in [-0.1, -0.05) is 54.1 Å². The average Bonchev–Trinajstić information content (AvgIpc) is 2.80. The second-order valence-electron chi connectivity index (χ2n) is 10.2. The Morgan fingerprint density at radius 1 is 1.03 bits per heavy atom. The highest BCUT2D eigenvalue weighted by Crippen LogP contribution is 2.28. The number of benzene rings is 2. The van der Waals surface area contributed by atoms with Crippen molar-refractivity contribution in [3.63, 3.8) is 0 Å². The molecule has 3 N–H and O–H groups in total. The van der Waals surface area contributed by atoms with E-state index in [0.29, 0.717) is 12.1 Å². The second-order valence-corrected chi connectivity index (χ2v) is 10.2. The quantitative estimate of drug-likeness (QED) is 0.489. The Bertz CT molecular complexity index is 1050. The Kier molecular flexibility index (Phi) is 10.0. The van der Waals surface area contributed by atoms with E-state index >= 15 is 0 Å². The van der Waals surface area contributed by atoms with Crippen LogP contribution in [0, 0.1) is 13.8 Å². The number of aliphatic hydroxyl groups is 1. The molecule has 0 aliphatic carbocycles. The molecular formula is C28H39N3O5. The van der Waals surface area contributed by atoms with Crippen LogP contribution in [0.2, 0.25) is 0 Å². The summed E-state index contributed by atoms with van der Waals surface area (Å²) in [7, 11) is 0. The third-order valence-corrected chi connectivity index (χ3v) is 5.55. The van der Waals surface area contributed by atoms with E-state index in [1.165, 1.54) is 4.90 Å². The summed E-state index contributed by atoms with van der Waals surface area (Å²) in [5.41, 5.74) is 2.62. The Balaban J connectivity index is 2.44. The summed E-state index contributed by atoms with van der Waals surface area (Å²) in [5, 5.41) is 15.4. The standard InChI is InChI=1S/C28H39N3O5/c1-18(2)31(26(34)23(17-32)30-27(35)36-28(5,6)7)24(22-15-19(3)13-14-20(22)4)25(33)29-16-21-11-9-8-10-12-21/h8-15,18,23-24,32H,16-17H2,1-7H3,(H,29,33)(H,30,35). The summed E-state index contributed by atoms with van der Waals surface area (Å²) in [4.78, 5) is 41.2. The highest BCUT2D eigenvalue weighted by atomic mass is 16.6. The third kappa shape index (κ3) is 8.09. The molecule has 0 aromatic heterocycles. The molecule has 8 nitrogen and oxygen atoms in total. The van der Waals surface area contributed by atoms with Gasteiger partial charge in [0.2, 0.25) is 11.8 Å². The smallest absolute Gasteiger partial charge is 0.408 e. The van der Waals surface area contributed by atoms with Gasteiger partial charge in [0.1, 0.15) is 17.7 Å². The number of nitrogens with zero attached hydrogens (tertiary/aromatic N) is 1. The SMILES string of the molecule is Cc1ccc(C)c(C(C(=O)NCc2ccccc2)N(C(=O)C(CO)NC(=O)OC(C)(C)C)C(C)C)c1. The van der Waals surface area contributed by atoms with Gasteiger partial charge < -0.3 is 25.4 Å². The number of hydrogen-bond donors (Lipinski definition) is 3. The summed E-state index contributed by atoms with van der Waals surface area (Å²) in [5.74, 6) is -0.942. The van der Waals surface area contributed by atoms with Gasteiger partial charge in [0, 0.05) is 12.6 Å². The van der Waals surface area contributed by atoms with Crippen LogP contribution in [-0.2, 0) is 20.9 Å². The van der Waals surface area contributed by atoms with E-state index in [4.69, 9.17) is 4.74 Å². The molecular weight excluding hydrogens is 458 g/mol. The molecule has 8 heteroatoms. The molecule has 36 heavy (non-hydrogen) atoms. The highest BCUT2D eigenvalue weighted by Gasteiger charge is 2.38. The average molecular weight is 498 g/mol. The summed E-state index contributed by atoms with van der Waals surface area (Å²) in [6.45, 7) is 12.2. The van der Waals surface area contributed by atoms with Crippen LogP contribution in [0.4, 0.5) is 4.79 Å². The van der Waals surface area contributed by atoms with Gasteiger partial charge in [0.25, 0.3) is 0 Å². The Morgan fingerprint density at radius 2 is 1.67 bits per heavy atom. The zero-order valence-electron chi connectivity index (χ0n) is 22.3. The number of alkyl carbamates (subject to hydrolysis) is 1. The molecule has 2 atom stereocenters. The van der Waals surface area contributed by atoms with Crippen molar-refractivity contribution < 1.29 is 24.2 Å². The Labute approximate surface area is 214 Å². The summed E-state index contributed by atoms with van der Waals surface area (Å²) in [6.07, 6.45) is -0.824. The van der Waals surface area contributed by atoms with Crippen molar-refractivity contribution in [2.24, 2.45) is 0 Å². The van der Waals surface area contributed by atoms with Gasteiger partial charge in [-0.15, -0.1) is 0 Å². The van der Waals surface area contributed by atoms with Gasteiger partial charge in [-0.2, -0.15) is 0 Å². The molecule has 0 bridgehead atoms. The van der Waals surface area contributed by atoms with Crippen LogP contribution in [0.15, 0.2) is 48.5 Å². The van der Waals surface area contributed by atoms with Crippen LogP contribution in [0.3, 0.4) is 0 Å². The molecule has 0 saturated heterocycles. The van der Waals surface area contributed by atoms with Gasteiger partial charge in [0.15, 0.2) is 0 Å². The number of nitrogens with one attached hydrogen (secondary N) is 2. The lowest BCUT2D eigenvalue weighted by Gasteiger charge is -2.37. The Morgan fingerprint density at radius 3 is 2.22 bits per heavy atom. The van der Waals surface area contributed by atoms with E-state index in [-0.39, 0.29) is 5.91 Å². The molecule has 3 amide bonds. The predicted octanol–water partition coefficient (Wildman–Crippen LogP) is 3.78. The maximum Gasteiger partial charge on any atom is 0.408 e. The summed E-state index contributed by atoms with van der Waals surface area (Å²) in [6, 6.07) is 12.6. The number of aliphatic hydroxyl groups excluding tert-OH is 1. The molecule has 2 aromatic carbocycles. The van der Waals surface area contributed by atoms with Crippen LogP contribution in [0.25, 0.3) is 0 Å². The summed E-state index contributed by atoms with van der Waals surface area (Å²) < 4.78 is 5.26. The normalized spacial score (nSPS) is 13.0. The molecule has 0 aliphatic rings. The number of carbonyl (C=O) groups excluding carboxylic acids is 3. The zero-order valence-corrected chi connectivity index (χ0v) is 22.3. The van der Waals surface area contributed by atoms with Gasteiger partial charge in [-0.05, 0) is 65.2 Å². The highest BCUT2D eigenvalue weighted by molar-refractivity contribution is 5.92. The molecule has 0 spiro atoms. The largest absolute Gasteiger partial charge is 0.444 e. The van der Waals surface area contributed by atoms with Crippen LogP contribution >= 0.6 is 0 Å². The van der Waals surface area contributed by atoms with Crippen molar-refractivity contribution >= 4 is 17.9 Å². The topological polar surface area (TPSA) is 108 Å². The molecule has 0 radical (unpaired) electrons. The van der Waals surface area contributed by atoms with E-state index in [9.17, 15) is 19.5 Å². The molecule has 2 rings (SSSR count). The fraction of sp³-hybridized carbons (Fsp3) is 0.464. The number of ether oxygens (including phenoxy) is 1. The van der Waals surface area contributed by atoms with Crippen molar-refractivity contribution in [1.29, 1.82) is 0 Å². The minimum Gasteiger partial charge on any atom is -0.444 e. The lowest BCUT2D eigenvalue weighted by molar-refractivity contribution is -0.145. The summed E-state index contributed by atoms with van der Waals surface area (Å²) >= 11 is 0. The van der Waals surface area contributed by atoms with E-state index in [2.05, 4.69) is 10.6 Å². The third-order valence-electron chi connectivity index (χ3n) is 5.55. The molecule has 0 fully saturated rings. The first kappa shape index (κ1) is 28.8. The first-order valence-corrected chi connectivity index (χ1v) is 12.2. The van der Waals surface area contributed by atoms with Crippen LogP contribution in [0.5, 0.6) is 0 Å². The molecule has 196 valence electrons. The van der Waals surface area contributed by atoms with Crippen molar-refractivity contribution in [3.05, 3.63) is 70.8 Å². The second kappa shape index (κ2) is 12.5. The van der Waals surface area contributed by atoms with E-state index in [1.807, 2.05) is 62.4 Å². The maximum absolute atomic E-state index is 13.7. The first-order valence-electron chi connectivity index (χ1n) is 12.2. The molecule has 0 aliphatic heterocycles. The van der Waals surface area contributed by atoms with Crippen molar-refractivity contribution in [2.45, 2.75) is 78.7 Å². The molecule has 2 unspecified atom stereocenters. The predicted molar refractivity (Wildman–Crippen MR) is 139 cm³/mol. The number of aryl methyl sites for hydroxylation is 2. The number of carbonyl (C=O) groups is 3. The van der Waals surface area contributed by atoms with Crippen molar-refractivity contribution in [2.75, 3.05) is 6.61 Å². The molecule has 0 saturated carbocycles. The fourth-order valence-electron chi connectivity index (χ4n) is 3.85. The van der Waals surface area contributed by atoms with E-state index in [0.717, 1.165) is 16.7 Å². The zero-order chi connectivity index (χ0) is 27.0. The minimum absolute atomic E-state index is 0.292. The van der Waals surface area contributed by atoms with Crippen molar-refractivity contribution in [3.8, 4) is 0 Å². The van der Waals surface area contributed by atoms with Gasteiger partial charge in [0.05, 0.1) is 6.61 Å². The minimum atomic E-state index is -1.28. The van der Waals surface area contributed by atoms with Crippen LogP contribution in [-0.4, -0.2) is 52.2 Å².